The van der Waals surface area contributed by atoms with Gasteiger partial charge in [-0.15, -0.1) is 0 Å². The van der Waals surface area contributed by atoms with Gasteiger partial charge in [0.25, 0.3) is 10.1 Å². The molecule has 1 aliphatic rings. The Morgan fingerprint density at radius 2 is 2.24 bits per heavy atom. The fourth-order valence-corrected chi connectivity index (χ4v) is 3.14. The molecule has 1 aliphatic heterocycles. The number of hydrogen-bond acceptors (Lipinski definition) is 5. The molecule has 1 atom stereocenters. The normalized spacial score (nSPS) is 18.5. The Morgan fingerprint density at radius 1 is 1.48 bits per heavy atom. The van der Waals surface area contributed by atoms with Crippen LogP contribution in [0.1, 0.15) is 11.4 Å². The number of ether oxygens (including phenoxy) is 1. The van der Waals surface area contributed by atoms with Gasteiger partial charge in [0.2, 0.25) is 0 Å². The van der Waals surface area contributed by atoms with Crippen LogP contribution in [0.25, 0.3) is 11.0 Å². The Balaban J connectivity index is 1.93. The van der Waals surface area contributed by atoms with Crippen LogP contribution in [-0.2, 0) is 27.8 Å². The molecule has 0 amide bonds. The Kier molecular flexibility index (Phi) is 3.41. The predicted octanol–water partition coefficient (Wildman–Crippen LogP) is 1.41. The van der Waals surface area contributed by atoms with Gasteiger partial charge < -0.3 is 9.30 Å². The predicted molar refractivity (Wildman–Crippen MR) is 78.9 cm³/mol. The summed E-state index contributed by atoms with van der Waals surface area (Å²) in [5.74, 6) is 1.81. The average Bonchev–Trinajstić information content (AvgIpc) is 2.71. The maximum absolute atomic E-state index is 11.1. The second-order valence-electron chi connectivity index (χ2n) is 5.50. The van der Waals surface area contributed by atoms with Crippen LogP contribution < -0.4 is 4.74 Å². The second-order valence-corrected chi connectivity index (χ2v) is 7.14. The van der Waals surface area contributed by atoms with Crippen molar-refractivity contribution in [2.45, 2.75) is 13.3 Å². The number of benzene rings is 1. The van der Waals surface area contributed by atoms with Crippen molar-refractivity contribution in [3.63, 3.8) is 0 Å². The summed E-state index contributed by atoms with van der Waals surface area (Å²) in [6.45, 7) is 2.57. The van der Waals surface area contributed by atoms with Gasteiger partial charge in [-0.2, -0.15) is 8.42 Å². The first-order valence-corrected chi connectivity index (χ1v) is 8.59. The van der Waals surface area contributed by atoms with Crippen LogP contribution in [0.5, 0.6) is 5.75 Å². The summed E-state index contributed by atoms with van der Waals surface area (Å²) < 4.78 is 34.9. The zero-order chi connectivity index (χ0) is 15.2. The van der Waals surface area contributed by atoms with Crippen LogP contribution in [-0.4, -0.2) is 37.4 Å². The molecular weight excluding hydrogens is 292 g/mol. The monoisotopic (exact) mass is 310 g/mol. The van der Waals surface area contributed by atoms with E-state index in [1.54, 1.807) is 0 Å². The van der Waals surface area contributed by atoms with Gasteiger partial charge in [0.1, 0.15) is 11.6 Å². The van der Waals surface area contributed by atoms with E-state index in [9.17, 15) is 8.42 Å². The van der Waals surface area contributed by atoms with Gasteiger partial charge in [0, 0.05) is 18.5 Å². The van der Waals surface area contributed by atoms with E-state index in [-0.39, 0.29) is 12.5 Å². The molecule has 0 fully saturated rings. The molecule has 1 aromatic heterocycles. The van der Waals surface area contributed by atoms with Crippen molar-refractivity contribution in [1.29, 1.82) is 0 Å². The van der Waals surface area contributed by atoms with Crippen molar-refractivity contribution in [3.05, 3.63) is 23.5 Å². The minimum absolute atomic E-state index is 0.0213. The molecule has 1 unspecified atom stereocenters. The number of imidazole rings is 1. The highest BCUT2D eigenvalue weighted by Gasteiger charge is 2.25. The summed E-state index contributed by atoms with van der Waals surface area (Å²) in [6, 6.07) is 3.88. The number of hydrogen-bond donors (Lipinski definition) is 0. The highest BCUT2D eigenvalue weighted by atomic mass is 32.2. The molecule has 6 nitrogen and oxygen atoms in total. The van der Waals surface area contributed by atoms with E-state index in [0.717, 1.165) is 40.8 Å². The highest BCUT2D eigenvalue weighted by molar-refractivity contribution is 7.85. The fourth-order valence-electron chi connectivity index (χ4n) is 2.70. The standard InChI is InChI=1S/C14H18N2O4S/c1-9-15-12-4-5-13-11(14(12)16(9)2)6-10(7-19-13)8-20-21(3,17)18/h4-5,10H,6-8H2,1-3H3. The maximum Gasteiger partial charge on any atom is 0.264 e. The Bertz CT molecular complexity index is 795. The fraction of sp³-hybridized carbons (Fsp3) is 0.500. The first-order chi connectivity index (χ1) is 9.85. The third-order valence-electron chi connectivity index (χ3n) is 3.81. The molecule has 114 valence electrons. The van der Waals surface area contributed by atoms with Gasteiger partial charge in [0.15, 0.2) is 0 Å². The lowest BCUT2D eigenvalue weighted by atomic mass is 9.96. The molecule has 0 spiro atoms. The highest BCUT2D eigenvalue weighted by Crippen LogP contribution is 2.34. The van der Waals surface area contributed by atoms with Crippen LogP contribution in [0.15, 0.2) is 12.1 Å². The lowest BCUT2D eigenvalue weighted by Gasteiger charge is -2.25. The van der Waals surface area contributed by atoms with Crippen molar-refractivity contribution < 1.29 is 17.3 Å². The summed E-state index contributed by atoms with van der Waals surface area (Å²) in [5.41, 5.74) is 3.06. The second kappa shape index (κ2) is 4.99. The number of fused-ring (bicyclic) bond motifs is 3. The molecule has 0 radical (unpaired) electrons. The van der Waals surface area contributed by atoms with Crippen LogP contribution in [0.4, 0.5) is 0 Å². The topological polar surface area (TPSA) is 70.4 Å². The van der Waals surface area contributed by atoms with Crippen LogP contribution in [0.2, 0.25) is 0 Å². The van der Waals surface area contributed by atoms with Crippen molar-refractivity contribution >= 4 is 21.2 Å². The minimum atomic E-state index is -3.42. The van der Waals surface area contributed by atoms with E-state index in [4.69, 9.17) is 8.92 Å². The zero-order valence-corrected chi connectivity index (χ0v) is 13.1. The Labute approximate surface area is 123 Å². The summed E-state index contributed by atoms with van der Waals surface area (Å²) in [4.78, 5) is 4.51. The summed E-state index contributed by atoms with van der Waals surface area (Å²) in [5, 5.41) is 0. The molecule has 0 N–H and O–H groups in total. The molecule has 2 heterocycles. The van der Waals surface area contributed by atoms with Crippen molar-refractivity contribution in [3.8, 4) is 5.75 Å². The molecule has 0 aliphatic carbocycles. The van der Waals surface area contributed by atoms with Gasteiger partial charge in [-0.3, -0.25) is 4.18 Å². The number of nitrogens with zero attached hydrogens (tertiary/aromatic N) is 2. The molecular formula is C14H18N2O4S. The third-order valence-corrected chi connectivity index (χ3v) is 4.37. The first-order valence-electron chi connectivity index (χ1n) is 6.77. The van der Waals surface area contributed by atoms with E-state index in [0.29, 0.717) is 6.61 Å². The van der Waals surface area contributed by atoms with Gasteiger partial charge in [-0.05, 0) is 25.5 Å². The molecule has 1 aromatic carbocycles. The van der Waals surface area contributed by atoms with E-state index in [2.05, 4.69) is 4.98 Å². The zero-order valence-electron chi connectivity index (χ0n) is 12.3. The van der Waals surface area contributed by atoms with E-state index in [1.807, 2.05) is 30.7 Å². The van der Waals surface area contributed by atoms with Crippen LogP contribution >= 0.6 is 0 Å². The van der Waals surface area contributed by atoms with Crippen LogP contribution in [0.3, 0.4) is 0 Å². The first kappa shape index (κ1) is 14.3. The lowest BCUT2D eigenvalue weighted by molar-refractivity contribution is 0.164. The summed E-state index contributed by atoms with van der Waals surface area (Å²) >= 11 is 0. The number of rotatable bonds is 3. The third kappa shape index (κ3) is 2.75. The maximum atomic E-state index is 11.1. The van der Waals surface area contributed by atoms with Crippen molar-refractivity contribution in [2.75, 3.05) is 19.5 Å². The molecule has 7 heteroatoms. The smallest absolute Gasteiger partial charge is 0.264 e. The molecule has 0 saturated carbocycles. The molecule has 2 aromatic rings. The quantitative estimate of drug-likeness (QED) is 0.802. The van der Waals surface area contributed by atoms with Crippen LogP contribution in [0, 0.1) is 12.8 Å². The lowest BCUT2D eigenvalue weighted by Crippen LogP contribution is -2.26. The molecule has 21 heavy (non-hydrogen) atoms. The summed E-state index contributed by atoms with van der Waals surface area (Å²) in [6.07, 6.45) is 1.79. The van der Waals surface area contributed by atoms with E-state index < -0.39 is 10.1 Å². The largest absolute Gasteiger partial charge is 0.493 e. The van der Waals surface area contributed by atoms with Gasteiger partial charge in [0.05, 0.1) is 30.5 Å². The van der Waals surface area contributed by atoms with Crippen molar-refractivity contribution in [1.82, 2.24) is 9.55 Å². The van der Waals surface area contributed by atoms with Gasteiger partial charge >= 0.3 is 0 Å². The molecule has 0 saturated heterocycles. The van der Waals surface area contributed by atoms with Gasteiger partial charge in [-0.1, -0.05) is 0 Å². The number of aryl methyl sites for hydroxylation is 2. The Morgan fingerprint density at radius 3 is 2.95 bits per heavy atom. The Hall–Kier alpha value is -1.60. The molecule has 0 bridgehead atoms. The number of aromatic nitrogens is 2. The SMILES string of the molecule is Cc1nc2ccc3c(c2n1C)CC(COS(C)(=O)=O)CO3. The van der Waals surface area contributed by atoms with Crippen molar-refractivity contribution in [2.24, 2.45) is 13.0 Å². The minimum Gasteiger partial charge on any atom is -0.493 e. The molecule has 3 rings (SSSR count). The summed E-state index contributed by atoms with van der Waals surface area (Å²) in [7, 11) is -1.45. The average molecular weight is 310 g/mol. The van der Waals surface area contributed by atoms with E-state index >= 15 is 0 Å². The van der Waals surface area contributed by atoms with E-state index in [1.165, 1.54) is 0 Å². The van der Waals surface area contributed by atoms with Gasteiger partial charge in [-0.25, -0.2) is 4.98 Å².